The lowest BCUT2D eigenvalue weighted by molar-refractivity contribution is 0.981. The number of fused-ring (bicyclic) bond motifs is 7. The fourth-order valence-electron chi connectivity index (χ4n) is 7.92. The van der Waals surface area contributed by atoms with Gasteiger partial charge < -0.3 is 0 Å². The summed E-state index contributed by atoms with van der Waals surface area (Å²) in [5.74, 6) is 0.0609. The third kappa shape index (κ3) is 4.90. The molecule has 0 radical (unpaired) electrons. The molecule has 1 aromatic heterocycles. The molecule has 10 rings (SSSR count). The van der Waals surface area contributed by atoms with E-state index in [0.717, 1.165) is 0 Å². The Kier molecular flexibility index (Phi) is 6.85. The molecular formula is C49H32S. The largest absolute Gasteiger partial charge is 0.135 e. The summed E-state index contributed by atoms with van der Waals surface area (Å²) in [6.07, 6.45) is 0. The van der Waals surface area contributed by atoms with Gasteiger partial charge in [0.15, 0.2) is 0 Å². The lowest BCUT2D eigenvalue weighted by Crippen LogP contribution is -2.04. The molecule has 234 valence electrons. The van der Waals surface area contributed by atoms with Crippen molar-refractivity contribution in [2.75, 3.05) is 0 Å². The summed E-state index contributed by atoms with van der Waals surface area (Å²) in [4.78, 5) is 0. The molecule has 10 aromatic rings. The van der Waals surface area contributed by atoms with E-state index >= 15 is 0 Å². The maximum atomic E-state index is 2.43. The third-order valence-electron chi connectivity index (χ3n) is 10.3. The van der Waals surface area contributed by atoms with Crippen molar-refractivity contribution in [3.63, 3.8) is 0 Å². The first-order valence-electron chi connectivity index (χ1n) is 17.3. The highest BCUT2D eigenvalue weighted by Crippen LogP contribution is 2.41. The van der Waals surface area contributed by atoms with Crippen LogP contribution in [0.4, 0.5) is 0 Å². The Bertz CT molecular complexity index is 2860. The zero-order valence-corrected chi connectivity index (χ0v) is 28.2. The highest BCUT2D eigenvalue weighted by molar-refractivity contribution is 7.25. The van der Waals surface area contributed by atoms with Crippen LogP contribution in [-0.2, 0) is 0 Å². The number of hydrogen-bond acceptors (Lipinski definition) is 1. The molecule has 0 aliphatic heterocycles. The summed E-state index contributed by atoms with van der Waals surface area (Å²) >= 11 is 1.88. The van der Waals surface area contributed by atoms with Gasteiger partial charge in [-0.1, -0.05) is 164 Å². The van der Waals surface area contributed by atoms with Crippen LogP contribution in [0, 0.1) is 0 Å². The summed E-state index contributed by atoms with van der Waals surface area (Å²) in [5.41, 5.74) is 8.84. The molecule has 9 aromatic carbocycles. The van der Waals surface area contributed by atoms with Gasteiger partial charge in [-0.25, -0.2) is 0 Å². The van der Waals surface area contributed by atoms with E-state index in [1.165, 1.54) is 91.4 Å². The fraction of sp³-hybridized carbons (Fsp3) is 0.0204. The van der Waals surface area contributed by atoms with Gasteiger partial charge in [0, 0.05) is 26.1 Å². The van der Waals surface area contributed by atoms with Crippen LogP contribution in [-0.4, -0.2) is 0 Å². The molecule has 1 atom stereocenters. The fourth-order valence-corrected chi connectivity index (χ4v) is 9.06. The highest BCUT2D eigenvalue weighted by Gasteiger charge is 2.20. The summed E-state index contributed by atoms with van der Waals surface area (Å²) < 4.78 is 2.68. The second kappa shape index (κ2) is 11.8. The van der Waals surface area contributed by atoms with Crippen LogP contribution in [0.5, 0.6) is 0 Å². The second-order valence-electron chi connectivity index (χ2n) is 13.3. The standard InChI is InChI=1S/C49H32S/c1-2-11-32(12-3-1)33-21-23-34(24-22-33)49(39-26-25-35-31-48-46(30-40(35)28-39)44-19-8-9-20-47(44)50-48)38-15-10-14-36(27-38)45-29-37-13-4-5-16-41(37)42-17-6-7-18-43(42)45/h1-31,49H. The first-order chi connectivity index (χ1) is 24.8. The van der Waals surface area contributed by atoms with Gasteiger partial charge in [-0.3, -0.25) is 0 Å². The first kappa shape index (κ1) is 28.9. The van der Waals surface area contributed by atoms with Crippen molar-refractivity contribution >= 4 is 63.8 Å². The topological polar surface area (TPSA) is 0 Å². The van der Waals surface area contributed by atoms with Gasteiger partial charge >= 0.3 is 0 Å². The van der Waals surface area contributed by atoms with Crippen molar-refractivity contribution in [1.29, 1.82) is 0 Å². The van der Waals surface area contributed by atoms with Crippen molar-refractivity contribution in [2.45, 2.75) is 5.92 Å². The van der Waals surface area contributed by atoms with Crippen LogP contribution in [0.15, 0.2) is 188 Å². The molecule has 50 heavy (non-hydrogen) atoms. The molecule has 0 saturated carbocycles. The molecule has 0 N–H and O–H groups in total. The van der Waals surface area contributed by atoms with Crippen LogP contribution in [0.2, 0.25) is 0 Å². The minimum absolute atomic E-state index is 0.0609. The van der Waals surface area contributed by atoms with E-state index in [1.807, 2.05) is 11.3 Å². The van der Waals surface area contributed by atoms with Crippen LogP contribution >= 0.6 is 11.3 Å². The Morgan fingerprint density at radius 3 is 1.82 bits per heavy atom. The van der Waals surface area contributed by atoms with Crippen LogP contribution in [0.25, 0.3) is 74.7 Å². The molecule has 0 spiro atoms. The Labute approximate surface area is 295 Å². The molecule has 1 heteroatoms. The molecular weight excluding hydrogens is 621 g/mol. The molecule has 0 amide bonds. The van der Waals surface area contributed by atoms with E-state index in [1.54, 1.807) is 0 Å². The predicted octanol–water partition coefficient (Wildman–Crippen LogP) is 14.0. The quantitative estimate of drug-likeness (QED) is 0.128. The van der Waals surface area contributed by atoms with Gasteiger partial charge in [-0.05, 0) is 95.5 Å². The second-order valence-corrected chi connectivity index (χ2v) is 14.4. The normalized spacial score (nSPS) is 12.3. The minimum atomic E-state index is 0.0609. The number of rotatable bonds is 5. The van der Waals surface area contributed by atoms with Crippen molar-refractivity contribution in [3.05, 3.63) is 205 Å². The lowest BCUT2D eigenvalue weighted by Gasteiger charge is -2.21. The molecule has 0 bridgehead atoms. The third-order valence-corrected chi connectivity index (χ3v) is 11.5. The molecule has 0 aliphatic rings. The van der Waals surface area contributed by atoms with E-state index < -0.39 is 0 Å². The summed E-state index contributed by atoms with van der Waals surface area (Å²) in [6, 6.07) is 69.7. The zero-order valence-electron chi connectivity index (χ0n) is 27.4. The Morgan fingerprint density at radius 1 is 0.300 bits per heavy atom. The summed E-state index contributed by atoms with van der Waals surface area (Å²) in [5, 5.41) is 10.4. The molecule has 0 saturated heterocycles. The van der Waals surface area contributed by atoms with Gasteiger partial charge in [-0.15, -0.1) is 11.3 Å². The first-order valence-corrected chi connectivity index (χ1v) is 18.1. The van der Waals surface area contributed by atoms with Crippen molar-refractivity contribution in [3.8, 4) is 22.3 Å². The minimum Gasteiger partial charge on any atom is -0.135 e. The van der Waals surface area contributed by atoms with Gasteiger partial charge in [-0.2, -0.15) is 0 Å². The van der Waals surface area contributed by atoms with Crippen LogP contribution in [0.1, 0.15) is 22.6 Å². The smallest absolute Gasteiger partial charge is 0.0361 e. The van der Waals surface area contributed by atoms with Crippen molar-refractivity contribution in [1.82, 2.24) is 0 Å². The Hall–Kier alpha value is -6.02. The molecule has 0 fully saturated rings. The van der Waals surface area contributed by atoms with Crippen molar-refractivity contribution in [2.24, 2.45) is 0 Å². The van der Waals surface area contributed by atoms with Gasteiger partial charge in [0.1, 0.15) is 0 Å². The van der Waals surface area contributed by atoms with E-state index in [9.17, 15) is 0 Å². The number of thiophene rings is 1. The van der Waals surface area contributed by atoms with Gasteiger partial charge in [0.05, 0.1) is 0 Å². The monoisotopic (exact) mass is 652 g/mol. The van der Waals surface area contributed by atoms with E-state index in [-0.39, 0.29) is 5.92 Å². The number of hydrogen-bond donors (Lipinski definition) is 0. The van der Waals surface area contributed by atoms with Crippen molar-refractivity contribution < 1.29 is 0 Å². The molecule has 1 unspecified atom stereocenters. The molecule has 0 nitrogen and oxygen atoms in total. The van der Waals surface area contributed by atoms with Gasteiger partial charge in [0.25, 0.3) is 0 Å². The van der Waals surface area contributed by atoms with Crippen LogP contribution in [0.3, 0.4) is 0 Å². The Balaban J connectivity index is 1.16. The number of benzene rings is 9. The highest BCUT2D eigenvalue weighted by atomic mass is 32.1. The molecule has 0 aliphatic carbocycles. The summed E-state index contributed by atoms with van der Waals surface area (Å²) in [6.45, 7) is 0. The van der Waals surface area contributed by atoms with E-state index in [0.29, 0.717) is 0 Å². The molecule has 1 heterocycles. The lowest BCUT2D eigenvalue weighted by atomic mass is 9.82. The SMILES string of the molecule is c1ccc(-c2ccc(C(c3cccc(-c4cc5ccccc5c5ccccc45)c3)c3ccc4cc5sc6ccccc6c5cc4c3)cc2)cc1. The maximum Gasteiger partial charge on any atom is 0.0361 e. The Morgan fingerprint density at radius 2 is 0.960 bits per heavy atom. The average Bonchev–Trinajstić information content (AvgIpc) is 3.55. The van der Waals surface area contributed by atoms with E-state index in [2.05, 4.69) is 188 Å². The van der Waals surface area contributed by atoms with Gasteiger partial charge in [0.2, 0.25) is 0 Å². The summed E-state index contributed by atoms with van der Waals surface area (Å²) in [7, 11) is 0. The van der Waals surface area contributed by atoms with E-state index in [4.69, 9.17) is 0 Å². The zero-order chi connectivity index (χ0) is 33.0. The van der Waals surface area contributed by atoms with Crippen LogP contribution < -0.4 is 0 Å². The maximum absolute atomic E-state index is 2.43. The average molecular weight is 653 g/mol. The predicted molar refractivity (Wildman–Crippen MR) is 217 cm³/mol.